The molecule has 0 aromatic heterocycles. The summed E-state index contributed by atoms with van der Waals surface area (Å²) in [5.41, 5.74) is 0.0279. The molecule has 2 heterocycles. The fourth-order valence-corrected chi connectivity index (χ4v) is 6.12. The Morgan fingerprint density at radius 3 is 2.34 bits per heavy atom. The summed E-state index contributed by atoms with van der Waals surface area (Å²) in [5.74, 6) is -0.835. The molecule has 2 saturated heterocycles. The Morgan fingerprint density at radius 2 is 1.72 bits per heavy atom. The SMILES string of the molecule is CCCCN1CCC(NC(=O)C2CCN(S(=O)(=O)c3ccccc3C(=O)OC)CC2)CC1. The maximum atomic E-state index is 13.1. The van der Waals surface area contributed by atoms with E-state index in [4.69, 9.17) is 4.74 Å². The number of methoxy groups -OCH3 is 1. The van der Waals surface area contributed by atoms with E-state index in [1.165, 1.54) is 36.4 Å². The van der Waals surface area contributed by atoms with Gasteiger partial charge in [0.2, 0.25) is 15.9 Å². The van der Waals surface area contributed by atoms with Crippen LogP contribution in [0.4, 0.5) is 0 Å². The minimum absolute atomic E-state index is 0.0279. The van der Waals surface area contributed by atoms with Crippen LogP contribution < -0.4 is 5.32 Å². The predicted molar refractivity (Wildman–Crippen MR) is 122 cm³/mol. The Labute approximate surface area is 191 Å². The highest BCUT2D eigenvalue weighted by atomic mass is 32.2. The van der Waals surface area contributed by atoms with Gasteiger partial charge in [0.05, 0.1) is 17.6 Å². The first-order chi connectivity index (χ1) is 15.4. The van der Waals surface area contributed by atoms with E-state index < -0.39 is 16.0 Å². The molecule has 178 valence electrons. The zero-order chi connectivity index (χ0) is 23.1. The topological polar surface area (TPSA) is 96.0 Å². The molecule has 1 amide bonds. The molecule has 0 aliphatic carbocycles. The predicted octanol–water partition coefficient (Wildman–Crippen LogP) is 2.25. The second-order valence-corrected chi connectivity index (χ2v) is 10.6. The Bertz CT molecular complexity index is 889. The van der Waals surface area contributed by atoms with Crippen LogP contribution in [0.25, 0.3) is 0 Å². The number of unbranched alkanes of at least 4 members (excludes halogenated alkanes) is 1. The standard InChI is InChI=1S/C23H35N3O5S/c1-3-4-13-25-14-11-19(12-15-25)24-22(27)18-9-16-26(17-10-18)32(29,30)21-8-6-5-7-20(21)23(28)31-2/h5-8,18-19H,3-4,9-17H2,1-2H3,(H,24,27). The molecule has 1 N–H and O–H groups in total. The lowest BCUT2D eigenvalue weighted by molar-refractivity contribution is -0.127. The van der Waals surface area contributed by atoms with E-state index in [1.807, 2.05) is 0 Å². The number of carbonyl (C=O) groups is 2. The van der Waals surface area contributed by atoms with Crippen LogP contribution in [-0.2, 0) is 19.6 Å². The normalized spacial score (nSPS) is 19.6. The Hall–Kier alpha value is -1.97. The van der Waals surface area contributed by atoms with E-state index in [1.54, 1.807) is 12.1 Å². The number of nitrogens with one attached hydrogen (secondary N) is 1. The van der Waals surface area contributed by atoms with Gasteiger partial charge in [-0.2, -0.15) is 4.31 Å². The lowest BCUT2D eigenvalue weighted by atomic mass is 9.96. The van der Waals surface area contributed by atoms with Gasteiger partial charge in [-0.05, 0) is 50.8 Å². The number of esters is 1. The third kappa shape index (κ3) is 5.88. The molecule has 3 rings (SSSR count). The third-order valence-electron chi connectivity index (χ3n) is 6.50. The molecule has 0 bridgehead atoms. The van der Waals surface area contributed by atoms with Crippen LogP contribution in [-0.4, -0.2) is 75.4 Å². The van der Waals surface area contributed by atoms with Gasteiger partial charge in [-0.1, -0.05) is 25.5 Å². The average molecular weight is 466 g/mol. The Kier molecular flexibility index (Phi) is 8.67. The number of hydrogen-bond acceptors (Lipinski definition) is 6. The van der Waals surface area contributed by atoms with E-state index in [2.05, 4.69) is 17.1 Å². The first-order valence-corrected chi connectivity index (χ1v) is 13.0. The fraction of sp³-hybridized carbons (Fsp3) is 0.652. The summed E-state index contributed by atoms with van der Waals surface area (Å²) in [4.78, 5) is 27.2. The summed E-state index contributed by atoms with van der Waals surface area (Å²) >= 11 is 0. The van der Waals surface area contributed by atoms with Gasteiger partial charge in [-0.25, -0.2) is 13.2 Å². The van der Waals surface area contributed by atoms with Gasteiger partial charge in [-0.15, -0.1) is 0 Å². The molecule has 2 fully saturated rings. The Morgan fingerprint density at radius 1 is 1.06 bits per heavy atom. The van der Waals surface area contributed by atoms with Crippen molar-refractivity contribution < 1.29 is 22.7 Å². The zero-order valence-corrected chi connectivity index (χ0v) is 19.9. The van der Waals surface area contributed by atoms with Crippen LogP contribution in [0.5, 0.6) is 0 Å². The van der Waals surface area contributed by atoms with Crippen LogP contribution >= 0.6 is 0 Å². The van der Waals surface area contributed by atoms with Crippen molar-refractivity contribution in [3.05, 3.63) is 29.8 Å². The number of sulfonamides is 1. The van der Waals surface area contributed by atoms with Crippen LogP contribution in [0.1, 0.15) is 55.8 Å². The van der Waals surface area contributed by atoms with E-state index in [0.717, 1.165) is 32.5 Å². The van der Waals surface area contributed by atoms with E-state index in [9.17, 15) is 18.0 Å². The summed E-state index contributed by atoms with van der Waals surface area (Å²) in [6, 6.07) is 6.28. The second-order valence-electron chi connectivity index (χ2n) is 8.64. The van der Waals surface area contributed by atoms with Crippen molar-refractivity contribution in [3.63, 3.8) is 0 Å². The number of amides is 1. The van der Waals surface area contributed by atoms with Crippen LogP contribution in [0.2, 0.25) is 0 Å². The molecule has 0 saturated carbocycles. The molecule has 2 aliphatic heterocycles. The molecule has 0 unspecified atom stereocenters. The summed E-state index contributed by atoms with van der Waals surface area (Å²) in [7, 11) is -2.62. The number of carbonyl (C=O) groups excluding carboxylic acids is 2. The van der Waals surface area contributed by atoms with Gasteiger partial charge < -0.3 is 15.0 Å². The van der Waals surface area contributed by atoms with E-state index in [-0.39, 0.29) is 41.4 Å². The molecule has 0 atom stereocenters. The van der Waals surface area contributed by atoms with E-state index in [0.29, 0.717) is 12.8 Å². The molecule has 32 heavy (non-hydrogen) atoms. The largest absolute Gasteiger partial charge is 0.465 e. The van der Waals surface area contributed by atoms with Gasteiger partial charge in [0, 0.05) is 38.1 Å². The summed E-state index contributed by atoms with van der Waals surface area (Å²) in [5, 5.41) is 3.19. The third-order valence-corrected chi connectivity index (χ3v) is 8.45. The molecule has 0 spiro atoms. The maximum absolute atomic E-state index is 13.1. The molecule has 1 aromatic rings. The van der Waals surface area contributed by atoms with Gasteiger partial charge in [0.15, 0.2) is 0 Å². The maximum Gasteiger partial charge on any atom is 0.339 e. The number of rotatable bonds is 8. The van der Waals surface area contributed by atoms with Gasteiger partial charge in [0.1, 0.15) is 0 Å². The van der Waals surface area contributed by atoms with Crippen molar-refractivity contribution in [2.24, 2.45) is 5.92 Å². The highest BCUT2D eigenvalue weighted by molar-refractivity contribution is 7.89. The van der Waals surface area contributed by atoms with Crippen LogP contribution in [0, 0.1) is 5.92 Å². The highest BCUT2D eigenvalue weighted by Crippen LogP contribution is 2.26. The number of hydrogen-bond donors (Lipinski definition) is 1. The summed E-state index contributed by atoms with van der Waals surface area (Å²) in [6.07, 6.45) is 5.28. The van der Waals surface area contributed by atoms with Gasteiger partial charge >= 0.3 is 5.97 Å². The number of nitrogens with zero attached hydrogens (tertiary/aromatic N) is 2. The summed E-state index contributed by atoms with van der Waals surface area (Å²) in [6.45, 7) is 5.86. The second kappa shape index (κ2) is 11.2. The molecule has 8 nitrogen and oxygen atoms in total. The minimum atomic E-state index is -3.84. The highest BCUT2D eigenvalue weighted by Gasteiger charge is 2.35. The number of benzene rings is 1. The zero-order valence-electron chi connectivity index (χ0n) is 19.1. The molecular weight excluding hydrogens is 430 g/mol. The Balaban J connectivity index is 1.53. The molecular formula is C23H35N3O5S. The fourth-order valence-electron chi connectivity index (χ4n) is 4.47. The van der Waals surface area contributed by atoms with Crippen molar-refractivity contribution in [2.75, 3.05) is 39.8 Å². The van der Waals surface area contributed by atoms with Gasteiger partial charge in [0.25, 0.3) is 0 Å². The number of likely N-dealkylation sites (tertiary alicyclic amines) is 1. The molecule has 2 aliphatic rings. The van der Waals surface area contributed by atoms with Crippen molar-refractivity contribution in [1.29, 1.82) is 0 Å². The smallest absolute Gasteiger partial charge is 0.339 e. The monoisotopic (exact) mass is 465 g/mol. The van der Waals surface area contributed by atoms with Crippen LogP contribution in [0.15, 0.2) is 29.2 Å². The molecule has 0 radical (unpaired) electrons. The van der Waals surface area contributed by atoms with Crippen molar-refractivity contribution in [3.8, 4) is 0 Å². The summed E-state index contributed by atoms with van der Waals surface area (Å²) < 4.78 is 32.4. The van der Waals surface area contributed by atoms with E-state index >= 15 is 0 Å². The van der Waals surface area contributed by atoms with Crippen molar-refractivity contribution in [1.82, 2.24) is 14.5 Å². The van der Waals surface area contributed by atoms with Crippen molar-refractivity contribution in [2.45, 2.75) is 56.4 Å². The minimum Gasteiger partial charge on any atom is -0.465 e. The number of piperidine rings is 2. The lowest BCUT2D eigenvalue weighted by Gasteiger charge is -2.34. The first kappa shape index (κ1) is 24.7. The molecule has 9 heteroatoms. The molecule has 1 aromatic carbocycles. The average Bonchev–Trinajstić information content (AvgIpc) is 2.83. The van der Waals surface area contributed by atoms with Gasteiger partial charge in [-0.3, -0.25) is 4.79 Å². The van der Waals surface area contributed by atoms with Crippen molar-refractivity contribution >= 4 is 21.9 Å². The quantitative estimate of drug-likeness (QED) is 0.592. The number of ether oxygens (including phenoxy) is 1. The first-order valence-electron chi connectivity index (χ1n) is 11.6. The lowest BCUT2D eigenvalue weighted by Crippen LogP contribution is -2.48. The van der Waals surface area contributed by atoms with Crippen LogP contribution in [0.3, 0.4) is 0 Å².